The Hall–Kier alpha value is -0.740. The molecule has 100 valence electrons. The normalized spacial score (nSPS) is 45.5. The summed E-state index contributed by atoms with van der Waals surface area (Å²) in [6, 6.07) is 0. The third-order valence-corrected chi connectivity index (χ3v) is 2.74. The van der Waals surface area contributed by atoms with Crippen LogP contribution in [0.1, 0.15) is 0 Å². The molecule has 1 saturated heterocycles. The van der Waals surface area contributed by atoms with Gasteiger partial charge in [-0.05, 0) is 0 Å². The summed E-state index contributed by atoms with van der Waals surface area (Å²) in [6.45, 7) is 0. The van der Waals surface area contributed by atoms with Gasteiger partial charge in [-0.15, -0.1) is 0 Å². The highest BCUT2D eigenvalue weighted by molar-refractivity contribution is 5.38. The molecule has 0 amide bonds. The van der Waals surface area contributed by atoms with Crippen molar-refractivity contribution in [1.82, 2.24) is 0 Å². The Balaban J connectivity index is 2.71. The van der Waals surface area contributed by atoms with Gasteiger partial charge in [-0.3, -0.25) is 0 Å². The van der Waals surface area contributed by atoms with Gasteiger partial charge in [-0.25, -0.2) is 4.39 Å². The van der Waals surface area contributed by atoms with Crippen LogP contribution < -0.4 is 0 Å². The van der Waals surface area contributed by atoms with E-state index in [4.69, 9.17) is 0 Å². The molecule has 17 heavy (non-hydrogen) atoms. The molecule has 2 fully saturated rings. The van der Waals surface area contributed by atoms with Crippen molar-refractivity contribution in [2.24, 2.45) is 0 Å². The van der Waals surface area contributed by atoms with Crippen molar-refractivity contribution in [2.75, 3.05) is 0 Å². The Labute approximate surface area is 85.3 Å². The van der Waals surface area contributed by atoms with Gasteiger partial charge in [0.15, 0.2) is 0 Å². The first-order chi connectivity index (χ1) is 7.21. The number of ether oxygens (including phenoxy) is 1. The van der Waals surface area contributed by atoms with E-state index in [2.05, 4.69) is 4.74 Å². The molecule has 0 aromatic heterocycles. The number of rotatable bonds is 0. The lowest BCUT2D eigenvalue weighted by atomic mass is 10.0. The molecule has 0 radical (unpaired) electrons. The SMILES string of the molecule is FC(F)(F)C12OC1(F)C(F)(F)C(F)(F)C2(F)F. The molecule has 1 heterocycles. The van der Waals surface area contributed by atoms with E-state index >= 15 is 0 Å². The van der Waals surface area contributed by atoms with Gasteiger partial charge in [0, 0.05) is 0 Å². The van der Waals surface area contributed by atoms with Crippen molar-refractivity contribution in [3.63, 3.8) is 0 Å². The van der Waals surface area contributed by atoms with Gasteiger partial charge in [0.1, 0.15) is 0 Å². The number of hydrogen-bond acceptors (Lipinski definition) is 1. The predicted octanol–water partition coefficient (Wildman–Crippen LogP) is 2.90. The minimum absolute atomic E-state index is 2.69. The minimum atomic E-state index is -6.50. The smallest absolute Gasteiger partial charge is 0.311 e. The average molecular weight is 278 g/mol. The van der Waals surface area contributed by atoms with Gasteiger partial charge in [0.25, 0.3) is 0 Å². The van der Waals surface area contributed by atoms with Gasteiger partial charge in [0.2, 0.25) is 0 Å². The molecule has 1 saturated carbocycles. The van der Waals surface area contributed by atoms with Gasteiger partial charge in [-0.2, -0.15) is 39.5 Å². The Morgan fingerprint density at radius 3 is 1.24 bits per heavy atom. The molecule has 0 spiro atoms. The highest BCUT2D eigenvalue weighted by Gasteiger charge is 3.14. The summed E-state index contributed by atoms with van der Waals surface area (Å²) in [4.78, 5) is 0. The van der Waals surface area contributed by atoms with Crippen molar-refractivity contribution in [3.8, 4) is 0 Å². The van der Waals surface area contributed by atoms with E-state index in [-0.39, 0.29) is 0 Å². The Bertz CT molecular complexity index is 379. The van der Waals surface area contributed by atoms with E-state index in [1.807, 2.05) is 0 Å². The molecule has 1 aliphatic carbocycles. The second-order valence-corrected chi connectivity index (χ2v) is 3.60. The first kappa shape index (κ1) is 12.7. The molecule has 11 heteroatoms. The lowest BCUT2D eigenvalue weighted by Gasteiger charge is -2.28. The van der Waals surface area contributed by atoms with Gasteiger partial charge < -0.3 is 4.74 Å². The molecule has 0 aromatic rings. The van der Waals surface area contributed by atoms with E-state index in [1.165, 1.54) is 0 Å². The molecule has 2 rings (SSSR count). The average Bonchev–Trinajstić information content (AvgIpc) is 2.71. The zero-order chi connectivity index (χ0) is 13.7. The molecular formula is C6F10O. The molecule has 2 aliphatic rings. The fourth-order valence-electron chi connectivity index (χ4n) is 1.77. The number of alkyl halides is 10. The first-order valence-electron chi connectivity index (χ1n) is 3.80. The summed E-state index contributed by atoms with van der Waals surface area (Å²) < 4.78 is 128. The Kier molecular flexibility index (Phi) is 1.76. The second-order valence-electron chi connectivity index (χ2n) is 3.60. The fraction of sp³-hybridized carbons (Fsp3) is 1.00. The molecule has 1 aliphatic heterocycles. The summed E-state index contributed by atoms with van der Waals surface area (Å²) in [5.41, 5.74) is -5.50. The largest absolute Gasteiger partial charge is 0.429 e. The predicted molar refractivity (Wildman–Crippen MR) is 28.6 cm³/mol. The molecule has 0 N–H and O–H groups in total. The van der Waals surface area contributed by atoms with Gasteiger partial charge >= 0.3 is 35.4 Å². The van der Waals surface area contributed by atoms with Crippen molar-refractivity contribution < 1.29 is 48.6 Å². The maximum Gasteiger partial charge on any atom is 0.429 e. The maximum atomic E-state index is 13.0. The quantitative estimate of drug-likeness (QED) is 0.490. The van der Waals surface area contributed by atoms with Crippen molar-refractivity contribution in [3.05, 3.63) is 0 Å². The van der Waals surface area contributed by atoms with Gasteiger partial charge in [-0.1, -0.05) is 0 Å². The van der Waals surface area contributed by atoms with Crippen molar-refractivity contribution in [2.45, 2.75) is 35.4 Å². The number of hydrogen-bond donors (Lipinski definition) is 0. The number of fused-ring (bicyclic) bond motifs is 1. The van der Waals surface area contributed by atoms with E-state index in [1.54, 1.807) is 0 Å². The van der Waals surface area contributed by atoms with E-state index < -0.39 is 35.4 Å². The summed E-state index contributed by atoms with van der Waals surface area (Å²) >= 11 is 0. The third-order valence-electron chi connectivity index (χ3n) is 2.74. The van der Waals surface area contributed by atoms with E-state index in [9.17, 15) is 43.9 Å². The van der Waals surface area contributed by atoms with Crippen LogP contribution in [0.4, 0.5) is 43.9 Å². The van der Waals surface area contributed by atoms with Crippen LogP contribution in [0.2, 0.25) is 0 Å². The molecule has 0 aromatic carbocycles. The molecule has 1 nitrogen and oxygen atoms in total. The summed E-state index contributed by atoms with van der Waals surface area (Å²) in [5, 5.41) is 0. The summed E-state index contributed by atoms with van der Waals surface area (Å²) in [6.07, 6.45) is -6.41. The molecular weight excluding hydrogens is 278 g/mol. The molecule has 0 bridgehead atoms. The Morgan fingerprint density at radius 1 is 0.647 bits per heavy atom. The van der Waals surface area contributed by atoms with E-state index in [0.717, 1.165) is 0 Å². The van der Waals surface area contributed by atoms with Crippen LogP contribution in [0.5, 0.6) is 0 Å². The fourth-order valence-corrected chi connectivity index (χ4v) is 1.77. The summed E-state index contributed by atoms with van der Waals surface area (Å²) in [7, 11) is 0. The Morgan fingerprint density at radius 2 is 1.06 bits per heavy atom. The monoisotopic (exact) mass is 278 g/mol. The standard InChI is InChI=1S/C6F10O/c7-2(8)1(6(14,15)16)5(13,17-1)4(11,12)3(2,9)10. The number of halogens is 10. The minimum Gasteiger partial charge on any atom is -0.311 e. The van der Waals surface area contributed by atoms with Crippen LogP contribution in [0, 0.1) is 0 Å². The second kappa shape index (κ2) is 2.36. The number of epoxide rings is 1. The topological polar surface area (TPSA) is 12.5 Å². The molecule has 2 atom stereocenters. The molecule has 2 unspecified atom stereocenters. The van der Waals surface area contributed by atoms with Crippen LogP contribution in [0.15, 0.2) is 0 Å². The van der Waals surface area contributed by atoms with Crippen LogP contribution in [-0.2, 0) is 4.74 Å². The van der Waals surface area contributed by atoms with Crippen LogP contribution in [0.3, 0.4) is 0 Å². The summed E-state index contributed by atoms with van der Waals surface area (Å²) in [5.74, 6) is -24.6. The lowest BCUT2D eigenvalue weighted by Crippen LogP contribution is -2.57. The van der Waals surface area contributed by atoms with Crippen LogP contribution >= 0.6 is 0 Å². The highest BCUT2D eigenvalue weighted by atomic mass is 19.4. The zero-order valence-corrected chi connectivity index (χ0v) is 7.19. The third kappa shape index (κ3) is 0.818. The maximum absolute atomic E-state index is 13.0. The van der Waals surface area contributed by atoms with Crippen molar-refractivity contribution >= 4 is 0 Å². The first-order valence-corrected chi connectivity index (χ1v) is 3.80. The van der Waals surface area contributed by atoms with E-state index in [0.29, 0.717) is 0 Å². The highest BCUT2D eigenvalue weighted by Crippen LogP contribution is 2.81. The zero-order valence-electron chi connectivity index (χ0n) is 7.19. The lowest BCUT2D eigenvalue weighted by molar-refractivity contribution is -0.351. The van der Waals surface area contributed by atoms with Gasteiger partial charge in [0.05, 0.1) is 0 Å². The van der Waals surface area contributed by atoms with Crippen LogP contribution in [0.25, 0.3) is 0 Å². The van der Waals surface area contributed by atoms with Crippen molar-refractivity contribution in [1.29, 1.82) is 0 Å². The van der Waals surface area contributed by atoms with Crippen LogP contribution in [-0.4, -0.2) is 35.4 Å².